The summed E-state index contributed by atoms with van der Waals surface area (Å²) < 4.78 is 0. The topological polar surface area (TPSA) is 67.1 Å². The minimum atomic E-state index is 0.614. The van der Waals surface area contributed by atoms with Gasteiger partial charge in [0.15, 0.2) is 0 Å². The van der Waals surface area contributed by atoms with E-state index in [1.165, 1.54) is 0 Å². The maximum atomic E-state index is 5.44. The maximum absolute atomic E-state index is 5.44. The summed E-state index contributed by atoms with van der Waals surface area (Å²) in [6, 6.07) is 1.97. The predicted molar refractivity (Wildman–Crippen MR) is 72.3 cm³/mol. The molecule has 1 heterocycles. The second-order valence-electron chi connectivity index (χ2n) is 4.60. The molecule has 1 rings (SSSR count). The van der Waals surface area contributed by atoms with Crippen LogP contribution in [-0.4, -0.2) is 36.6 Å². The zero-order valence-corrected chi connectivity index (χ0v) is 11.0. The Bertz CT molecular complexity index is 326. The van der Waals surface area contributed by atoms with Gasteiger partial charge >= 0.3 is 0 Å². The molecule has 96 valence electrons. The standard InChI is InChI=1S/C12H23N5/c1-10(2)8-17(3)12-7-11(15-9-16-12)14-6-4-5-13/h7,9-10H,4-6,8,13H2,1-3H3,(H,14,15,16). The number of nitrogens with one attached hydrogen (secondary N) is 1. The number of anilines is 2. The average Bonchev–Trinajstić information content (AvgIpc) is 2.29. The van der Waals surface area contributed by atoms with Crippen LogP contribution in [-0.2, 0) is 0 Å². The van der Waals surface area contributed by atoms with Gasteiger partial charge < -0.3 is 16.0 Å². The van der Waals surface area contributed by atoms with Gasteiger partial charge in [-0.15, -0.1) is 0 Å². The molecule has 0 bridgehead atoms. The number of hydrogen-bond donors (Lipinski definition) is 2. The van der Waals surface area contributed by atoms with Crippen LogP contribution in [0.15, 0.2) is 12.4 Å². The van der Waals surface area contributed by atoms with E-state index in [0.29, 0.717) is 12.5 Å². The summed E-state index contributed by atoms with van der Waals surface area (Å²) in [6.45, 7) is 6.91. The molecular weight excluding hydrogens is 214 g/mol. The van der Waals surface area contributed by atoms with E-state index in [2.05, 4.69) is 34.0 Å². The van der Waals surface area contributed by atoms with E-state index in [-0.39, 0.29) is 0 Å². The number of nitrogens with two attached hydrogens (primary N) is 1. The van der Waals surface area contributed by atoms with Crippen LogP contribution in [0.1, 0.15) is 20.3 Å². The second kappa shape index (κ2) is 7.06. The normalized spacial score (nSPS) is 10.6. The van der Waals surface area contributed by atoms with Gasteiger partial charge in [-0.25, -0.2) is 9.97 Å². The third kappa shape index (κ3) is 4.99. The van der Waals surface area contributed by atoms with Crippen molar-refractivity contribution in [2.75, 3.05) is 36.9 Å². The molecule has 0 unspecified atom stereocenters. The molecule has 0 radical (unpaired) electrons. The van der Waals surface area contributed by atoms with E-state index in [9.17, 15) is 0 Å². The summed E-state index contributed by atoms with van der Waals surface area (Å²) in [4.78, 5) is 10.6. The van der Waals surface area contributed by atoms with Crippen LogP contribution in [0, 0.1) is 5.92 Å². The summed E-state index contributed by atoms with van der Waals surface area (Å²) in [7, 11) is 2.05. The Morgan fingerprint density at radius 1 is 1.41 bits per heavy atom. The molecule has 0 fully saturated rings. The molecule has 0 aliphatic heterocycles. The molecule has 0 spiro atoms. The van der Waals surface area contributed by atoms with E-state index in [0.717, 1.165) is 31.1 Å². The lowest BCUT2D eigenvalue weighted by Crippen LogP contribution is -2.23. The van der Waals surface area contributed by atoms with Crippen molar-refractivity contribution in [1.29, 1.82) is 0 Å². The molecule has 1 aromatic rings. The summed E-state index contributed by atoms with van der Waals surface area (Å²) in [5.41, 5.74) is 5.44. The molecule has 3 N–H and O–H groups in total. The van der Waals surface area contributed by atoms with Crippen molar-refractivity contribution in [3.8, 4) is 0 Å². The fourth-order valence-corrected chi connectivity index (χ4v) is 1.61. The van der Waals surface area contributed by atoms with Crippen molar-refractivity contribution >= 4 is 11.6 Å². The van der Waals surface area contributed by atoms with Crippen molar-refractivity contribution in [1.82, 2.24) is 9.97 Å². The number of aromatic nitrogens is 2. The monoisotopic (exact) mass is 237 g/mol. The minimum absolute atomic E-state index is 0.614. The molecule has 0 aliphatic rings. The highest BCUT2D eigenvalue weighted by molar-refractivity contribution is 5.47. The Morgan fingerprint density at radius 3 is 2.82 bits per heavy atom. The van der Waals surface area contributed by atoms with Crippen molar-refractivity contribution in [3.05, 3.63) is 12.4 Å². The quantitative estimate of drug-likeness (QED) is 0.700. The van der Waals surface area contributed by atoms with Crippen LogP contribution in [0.2, 0.25) is 0 Å². The maximum Gasteiger partial charge on any atom is 0.133 e. The third-order valence-electron chi connectivity index (χ3n) is 2.37. The second-order valence-corrected chi connectivity index (χ2v) is 4.60. The molecule has 1 aromatic heterocycles. The van der Waals surface area contributed by atoms with Gasteiger partial charge in [0.25, 0.3) is 0 Å². The Balaban J connectivity index is 2.58. The highest BCUT2D eigenvalue weighted by atomic mass is 15.2. The summed E-state index contributed by atoms with van der Waals surface area (Å²) in [5.74, 6) is 2.42. The molecule has 0 aliphatic carbocycles. The van der Waals surface area contributed by atoms with Crippen molar-refractivity contribution < 1.29 is 0 Å². The molecular formula is C12H23N5. The van der Waals surface area contributed by atoms with Crippen LogP contribution >= 0.6 is 0 Å². The SMILES string of the molecule is CC(C)CN(C)c1cc(NCCCN)ncn1. The molecule has 17 heavy (non-hydrogen) atoms. The minimum Gasteiger partial charge on any atom is -0.370 e. The van der Waals surface area contributed by atoms with E-state index >= 15 is 0 Å². The van der Waals surface area contributed by atoms with E-state index in [1.54, 1.807) is 6.33 Å². The lowest BCUT2D eigenvalue weighted by atomic mass is 10.2. The highest BCUT2D eigenvalue weighted by Gasteiger charge is 2.05. The summed E-state index contributed by atoms with van der Waals surface area (Å²) >= 11 is 0. The van der Waals surface area contributed by atoms with E-state index < -0.39 is 0 Å². The van der Waals surface area contributed by atoms with Crippen molar-refractivity contribution in [2.24, 2.45) is 11.7 Å². The van der Waals surface area contributed by atoms with E-state index in [1.807, 2.05) is 13.1 Å². The van der Waals surface area contributed by atoms with Gasteiger partial charge in [0.2, 0.25) is 0 Å². The molecule has 5 heteroatoms. The van der Waals surface area contributed by atoms with Crippen LogP contribution < -0.4 is 16.0 Å². The highest BCUT2D eigenvalue weighted by Crippen LogP contribution is 2.13. The van der Waals surface area contributed by atoms with Crippen molar-refractivity contribution in [3.63, 3.8) is 0 Å². The number of hydrogen-bond acceptors (Lipinski definition) is 5. The van der Waals surface area contributed by atoms with E-state index in [4.69, 9.17) is 5.73 Å². The zero-order chi connectivity index (χ0) is 12.7. The predicted octanol–water partition coefficient (Wildman–Crippen LogP) is 1.33. The summed E-state index contributed by atoms with van der Waals surface area (Å²) in [6.07, 6.45) is 2.54. The first kappa shape index (κ1) is 13.7. The van der Waals surface area contributed by atoms with Gasteiger partial charge in [-0.1, -0.05) is 13.8 Å². The van der Waals surface area contributed by atoms with Crippen molar-refractivity contribution in [2.45, 2.75) is 20.3 Å². The fraction of sp³-hybridized carbons (Fsp3) is 0.667. The average molecular weight is 237 g/mol. The Morgan fingerprint density at radius 2 is 2.18 bits per heavy atom. The molecule has 0 saturated heterocycles. The van der Waals surface area contributed by atoms with Gasteiger partial charge in [0.05, 0.1) is 0 Å². The first-order valence-electron chi connectivity index (χ1n) is 6.10. The first-order valence-corrected chi connectivity index (χ1v) is 6.10. The number of nitrogens with zero attached hydrogens (tertiary/aromatic N) is 3. The lowest BCUT2D eigenvalue weighted by molar-refractivity contribution is 0.634. The smallest absolute Gasteiger partial charge is 0.133 e. The Labute approximate surface area is 103 Å². The molecule has 5 nitrogen and oxygen atoms in total. The summed E-state index contributed by atoms with van der Waals surface area (Å²) in [5, 5.41) is 3.24. The molecule has 0 amide bonds. The van der Waals surface area contributed by atoms with Crippen LogP contribution in [0.4, 0.5) is 11.6 Å². The van der Waals surface area contributed by atoms with Gasteiger partial charge in [-0.2, -0.15) is 0 Å². The van der Waals surface area contributed by atoms with Gasteiger partial charge in [0, 0.05) is 26.2 Å². The molecule has 0 atom stereocenters. The van der Waals surface area contributed by atoms with Gasteiger partial charge in [-0.05, 0) is 18.9 Å². The van der Waals surface area contributed by atoms with Crippen LogP contribution in [0.3, 0.4) is 0 Å². The first-order chi connectivity index (χ1) is 8.13. The fourth-order valence-electron chi connectivity index (χ4n) is 1.61. The van der Waals surface area contributed by atoms with Gasteiger partial charge in [0.1, 0.15) is 18.0 Å². The van der Waals surface area contributed by atoms with Crippen LogP contribution in [0.25, 0.3) is 0 Å². The largest absolute Gasteiger partial charge is 0.370 e. The number of rotatable bonds is 7. The lowest BCUT2D eigenvalue weighted by Gasteiger charge is -2.20. The Kier molecular flexibility index (Phi) is 5.69. The van der Waals surface area contributed by atoms with Crippen LogP contribution in [0.5, 0.6) is 0 Å². The Hall–Kier alpha value is -1.36. The van der Waals surface area contributed by atoms with Gasteiger partial charge in [-0.3, -0.25) is 0 Å². The zero-order valence-electron chi connectivity index (χ0n) is 11.0. The molecule has 0 saturated carbocycles. The third-order valence-corrected chi connectivity index (χ3v) is 2.37. The molecule has 0 aromatic carbocycles.